The van der Waals surface area contributed by atoms with Crippen LogP contribution in [0.15, 0.2) is 21.4 Å². The van der Waals surface area contributed by atoms with Crippen LogP contribution in [-0.4, -0.2) is 16.8 Å². The van der Waals surface area contributed by atoms with Gasteiger partial charge in [-0.3, -0.25) is 0 Å². The van der Waals surface area contributed by atoms with Crippen LogP contribution in [0.5, 0.6) is 11.5 Å². The van der Waals surface area contributed by atoms with Gasteiger partial charge in [0.1, 0.15) is 23.2 Å². The number of aryl methyl sites for hydroxylation is 1. The fraction of sp³-hybridized carbons (Fsp3) is 0.522. The minimum atomic E-state index is -0.773. The van der Waals surface area contributed by atoms with E-state index in [0.29, 0.717) is 22.6 Å². The van der Waals surface area contributed by atoms with Gasteiger partial charge >= 0.3 is 5.63 Å². The molecule has 1 aromatic heterocycles. The summed E-state index contributed by atoms with van der Waals surface area (Å²) in [6, 6.07) is 1.54. The van der Waals surface area contributed by atoms with E-state index in [0.717, 1.165) is 35.8 Å². The molecule has 3 heterocycles. The third kappa shape index (κ3) is 2.84. The first-order valence-corrected chi connectivity index (χ1v) is 10.2. The van der Waals surface area contributed by atoms with Gasteiger partial charge in [-0.05, 0) is 44.4 Å². The van der Waals surface area contributed by atoms with Gasteiger partial charge in [-0.15, -0.1) is 0 Å². The fourth-order valence-corrected chi connectivity index (χ4v) is 4.35. The lowest BCUT2D eigenvalue weighted by atomic mass is 9.84. The molecule has 0 unspecified atom stereocenters. The summed E-state index contributed by atoms with van der Waals surface area (Å²) in [4.78, 5) is 12.3. The zero-order valence-electron chi connectivity index (χ0n) is 17.2. The van der Waals surface area contributed by atoms with Crippen molar-refractivity contribution in [2.45, 2.75) is 71.7 Å². The van der Waals surface area contributed by atoms with Crippen molar-refractivity contribution in [1.29, 1.82) is 0 Å². The highest BCUT2D eigenvalue weighted by Crippen LogP contribution is 2.52. The fourth-order valence-electron chi connectivity index (χ4n) is 4.35. The van der Waals surface area contributed by atoms with Gasteiger partial charge in [0.25, 0.3) is 0 Å². The number of rotatable bonds is 3. The van der Waals surface area contributed by atoms with Gasteiger partial charge in [0.05, 0.1) is 22.6 Å². The van der Waals surface area contributed by atoms with Crippen LogP contribution >= 0.6 is 0 Å². The summed E-state index contributed by atoms with van der Waals surface area (Å²) in [5.41, 5.74) is 1.76. The Morgan fingerprint density at radius 3 is 2.64 bits per heavy atom. The van der Waals surface area contributed by atoms with E-state index < -0.39 is 17.3 Å². The van der Waals surface area contributed by atoms with Crippen LogP contribution in [0.25, 0.3) is 17.0 Å². The molecule has 3 atom stereocenters. The van der Waals surface area contributed by atoms with Crippen molar-refractivity contribution in [2.24, 2.45) is 5.92 Å². The Morgan fingerprint density at radius 1 is 1.21 bits per heavy atom. The summed E-state index contributed by atoms with van der Waals surface area (Å²) in [6.07, 6.45) is 5.51. The van der Waals surface area contributed by atoms with E-state index in [9.17, 15) is 9.90 Å². The molecule has 5 heteroatoms. The molecular formula is C23H28O5. The molecule has 0 aliphatic carbocycles. The number of fused-ring (bicyclic) bond motifs is 6. The Balaban J connectivity index is 2.14. The van der Waals surface area contributed by atoms with Crippen molar-refractivity contribution >= 4 is 17.0 Å². The Kier molecular flexibility index (Phi) is 4.53. The van der Waals surface area contributed by atoms with E-state index in [4.69, 9.17) is 13.9 Å². The van der Waals surface area contributed by atoms with Gasteiger partial charge in [-0.2, -0.15) is 0 Å². The third-order valence-electron chi connectivity index (χ3n) is 5.84. The predicted molar refractivity (Wildman–Crippen MR) is 109 cm³/mol. The zero-order chi connectivity index (χ0) is 20.2. The molecule has 28 heavy (non-hydrogen) atoms. The molecule has 4 rings (SSSR count). The first kappa shape index (κ1) is 19.1. The maximum absolute atomic E-state index is 12.3. The number of ether oxygens (including phenoxy) is 2. The maximum Gasteiger partial charge on any atom is 0.336 e. The number of benzene rings is 1. The monoisotopic (exact) mass is 384 g/mol. The van der Waals surface area contributed by atoms with E-state index in [1.54, 1.807) is 6.07 Å². The van der Waals surface area contributed by atoms with Crippen LogP contribution in [0.1, 0.15) is 70.3 Å². The minimum Gasteiger partial charge on any atom is -0.489 e. The van der Waals surface area contributed by atoms with Gasteiger partial charge in [0.15, 0.2) is 5.58 Å². The summed E-state index contributed by atoms with van der Waals surface area (Å²) < 4.78 is 18.3. The van der Waals surface area contributed by atoms with E-state index in [1.807, 2.05) is 39.8 Å². The molecule has 0 saturated heterocycles. The minimum absolute atomic E-state index is 0.108. The summed E-state index contributed by atoms with van der Waals surface area (Å²) in [5.74, 6) is 1.14. The molecule has 2 aliphatic rings. The average Bonchev–Trinajstić information content (AvgIpc) is 2.63. The lowest BCUT2D eigenvalue weighted by Gasteiger charge is -2.38. The lowest BCUT2D eigenvalue weighted by Crippen LogP contribution is -2.35. The van der Waals surface area contributed by atoms with E-state index >= 15 is 0 Å². The predicted octanol–water partition coefficient (Wildman–Crippen LogP) is 4.77. The number of aliphatic hydroxyl groups is 1. The molecule has 0 amide bonds. The Labute approximate surface area is 165 Å². The zero-order valence-corrected chi connectivity index (χ0v) is 17.2. The second-order valence-corrected chi connectivity index (χ2v) is 8.44. The van der Waals surface area contributed by atoms with Gasteiger partial charge < -0.3 is 19.0 Å². The SMILES string of the molecule is CCCc1cc(=O)oc2c3c(c4c(c12)OC(C)(C)C=C4)O[C@@H](CC)[C@@H](C)[C@H]3O. The second kappa shape index (κ2) is 6.66. The summed E-state index contributed by atoms with van der Waals surface area (Å²) >= 11 is 0. The highest BCUT2D eigenvalue weighted by atomic mass is 16.5. The largest absolute Gasteiger partial charge is 0.489 e. The third-order valence-corrected chi connectivity index (χ3v) is 5.84. The van der Waals surface area contributed by atoms with Crippen molar-refractivity contribution in [2.75, 3.05) is 0 Å². The van der Waals surface area contributed by atoms with Gasteiger partial charge in [0.2, 0.25) is 0 Å². The highest BCUT2D eigenvalue weighted by Gasteiger charge is 2.40. The lowest BCUT2D eigenvalue weighted by molar-refractivity contribution is 0.00712. The summed E-state index contributed by atoms with van der Waals surface area (Å²) in [5, 5.41) is 11.9. The van der Waals surface area contributed by atoms with Crippen molar-refractivity contribution in [3.05, 3.63) is 39.3 Å². The first-order chi connectivity index (χ1) is 13.3. The maximum atomic E-state index is 12.3. The Bertz CT molecular complexity index is 1010. The molecular weight excluding hydrogens is 356 g/mol. The van der Waals surface area contributed by atoms with Crippen LogP contribution < -0.4 is 15.1 Å². The summed E-state index contributed by atoms with van der Waals surface area (Å²) in [7, 11) is 0. The molecule has 2 aromatic rings. The van der Waals surface area contributed by atoms with E-state index in [2.05, 4.69) is 6.92 Å². The molecule has 0 saturated carbocycles. The van der Waals surface area contributed by atoms with Gasteiger partial charge in [0, 0.05) is 12.0 Å². The van der Waals surface area contributed by atoms with Crippen LogP contribution in [-0.2, 0) is 6.42 Å². The molecule has 0 radical (unpaired) electrons. The topological polar surface area (TPSA) is 68.9 Å². The second-order valence-electron chi connectivity index (χ2n) is 8.44. The van der Waals surface area contributed by atoms with Crippen LogP contribution in [0.3, 0.4) is 0 Å². The standard InChI is InChI=1S/C23H28O5/c1-6-8-13-11-16(24)27-22-17(13)21-14(9-10-23(4,5)28-21)20-18(22)19(25)12(3)15(7-2)26-20/h9-12,15,19,25H,6-8H2,1-5H3/t12-,15+,19-/m1/s1. The molecule has 150 valence electrons. The highest BCUT2D eigenvalue weighted by molar-refractivity contribution is 5.97. The molecule has 1 N–H and O–H groups in total. The normalized spacial score (nSPS) is 25.0. The smallest absolute Gasteiger partial charge is 0.336 e. The van der Waals surface area contributed by atoms with Gasteiger partial charge in [-0.1, -0.05) is 27.2 Å². The van der Waals surface area contributed by atoms with Crippen LogP contribution in [0.4, 0.5) is 0 Å². The van der Waals surface area contributed by atoms with Crippen LogP contribution in [0, 0.1) is 5.92 Å². The molecule has 2 aliphatic heterocycles. The number of hydrogen-bond donors (Lipinski definition) is 1. The molecule has 0 fully saturated rings. The molecule has 0 bridgehead atoms. The van der Waals surface area contributed by atoms with Crippen molar-refractivity contribution in [3.8, 4) is 11.5 Å². The quantitative estimate of drug-likeness (QED) is 0.772. The average molecular weight is 384 g/mol. The number of aliphatic hydroxyl groups excluding tert-OH is 1. The van der Waals surface area contributed by atoms with Crippen molar-refractivity contribution in [1.82, 2.24) is 0 Å². The van der Waals surface area contributed by atoms with Gasteiger partial charge in [-0.25, -0.2) is 4.79 Å². The van der Waals surface area contributed by atoms with Crippen LogP contribution in [0.2, 0.25) is 0 Å². The first-order valence-electron chi connectivity index (χ1n) is 10.2. The summed E-state index contributed by atoms with van der Waals surface area (Å²) in [6.45, 7) is 10.1. The van der Waals surface area contributed by atoms with Crippen molar-refractivity contribution in [3.63, 3.8) is 0 Å². The number of hydrogen-bond acceptors (Lipinski definition) is 5. The Hall–Kier alpha value is -2.27. The van der Waals surface area contributed by atoms with E-state index in [1.165, 1.54) is 0 Å². The van der Waals surface area contributed by atoms with E-state index in [-0.39, 0.29) is 12.0 Å². The van der Waals surface area contributed by atoms with Crippen molar-refractivity contribution < 1.29 is 19.0 Å². The molecule has 5 nitrogen and oxygen atoms in total. The molecule has 0 spiro atoms. The Morgan fingerprint density at radius 2 is 1.96 bits per heavy atom. The molecule has 1 aromatic carbocycles.